The van der Waals surface area contributed by atoms with Crippen molar-refractivity contribution < 1.29 is 5.11 Å². The van der Waals surface area contributed by atoms with Gasteiger partial charge in [0.05, 0.1) is 17.6 Å². The van der Waals surface area contributed by atoms with Crippen LogP contribution in [-0.4, -0.2) is 21.3 Å². The number of benzene rings is 2. The smallest absolute Gasteiger partial charge is 0.112 e. The van der Waals surface area contributed by atoms with Crippen LogP contribution in [0.5, 0.6) is 0 Å². The Labute approximate surface area is 137 Å². The molecular formula is C20H24N2O. The fourth-order valence-corrected chi connectivity index (χ4v) is 2.96. The summed E-state index contributed by atoms with van der Waals surface area (Å²) in [4.78, 5) is 4.66. The molecule has 23 heavy (non-hydrogen) atoms. The molecule has 3 nitrogen and oxygen atoms in total. The SMILES string of the molecule is CCC(C)c1ccc(Cn2c(CCO)nc3ccccc32)cc1. The molecule has 3 rings (SSSR count). The van der Waals surface area contributed by atoms with E-state index in [1.807, 2.05) is 18.2 Å². The zero-order valence-electron chi connectivity index (χ0n) is 13.9. The second kappa shape index (κ2) is 6.97. The zero-order chi connectivity index (χ0) is 16.2. The molecule has 0 saturated carbocycles. The molecule has 2 aromatic carbocycles. The van der Waals surface area contributed by atoms with Crippen LogP contribution in [-0.2, 0) is 13.0 Å². The van der Waals surface area contributed by atoms with Gasteiger partial charge in [-0.3, -0.25) is 0 Å². The lowest BCUT2D eigenvalue weighted by Crippen LogP contribution is -2.07. The van der Waals surface area contributed by atoms with Crippen molar-refractivity contribution in [2.75, 3.05) is 6.61 Å². The molecule has 0 bridgehead atoms. The van der Waals surface area contributed by atoms with Gasteiger partial charge in [-0.2, -0.15) is 0 Å². The molecule has 1 unspecified atom stereocenters. The Morgan fingerprint density at radius 1 is 1.09 bits per heavy atom. The lowest BCUT2D eigenvalue weighted by Gasteiger charge is -2.12. The number of para-hydroxylation sites is 2. The van der Waals surface area contributed by atoms with Gasteiger partial charge in [0, 0.05) is 13.0 Å². The van der Waals surface area contributed by atoms with Crippen LogP contribution >= 0.6 is 0 Å². The summed E-state index contributed by atoms with van der Waals surface area (Å²) in [5, 5.41) is 9.31. The van der Waals surface area contributed by atoms with Crippen molar-refractivity contribution in [3.8, 4) is 0 Å². The third-order valence-corrected chi connectivity index (χ3v) is 4.57. The van der Waals surface area contributed by atoms with Crippen LogP contribution in [0.25, 0.3) is 11.0 Å². The molecule has 0 fully saturated rings. The highest BCUT2D eigenvalue weighted by Crippen LogP contribution is 2.21. The number of fused-ring (bicyclic) bond motifs is 1. The van der Waals surface area contributed by atoms with Crippen molar-refractivity contribution >= 4 is 11.0 Å². The van der Waals surface area contributed by atoms with Crippen LogP contribution in [0.4, 0.5) is 0 Å². The van der Waals surface area contributed by atoms with E-state index in [-0.39, 0.29) is 6.61 Å². The van der Waals surface area contributed by atoms with Gasteiger partial charge in [0.1, 0.15) is 5.82 Å². The molecule has 0 spiro atoms. The van der Waals surface area contributed by atoms with Crippen LogP contribution in [0.1, 0.15) is 43.1 Å². The third-order valence-electron chi connectivity index (χ3n) is 4.57. The molecule has 0 aliphatic rings. The van der Waals surface area contributed by atoms with Gasteiger partial charge in [0.15, 0.2) is 0 Å². The molecule has 3 heteroatoms. The van der Waals surface area contributed by atoms with Crippen LogP contribution in [0.3, 0.4) is 0 Å². The maximum absolute atomic E-state index is 9.31. The van der Waals surface area contributed by atoms with Gasteiger partial charge < -0.3 is 9.67 Å². The summed E-state index contributed by atoms with van der Waals surface area (Å²) in [5.41, 5.74) is 4.77. The minimum absolute atomic E-state index is 0.121. The van der Waals surface area contributed by atoms with Crippen molar-refractivity contribution in [3.63, 3.8) is 0 Å². The Morgan fingerprint density at radius 3 is 2.52 bits per heavy atom. The van der Waals surface area contributed by atoms with E-state index in [4.69, 9.17) is 0 Å². The van der Waals surface area contributed by atoms with E-state index in [1.165, 1.54) is 11.1 Å². The maximum Gasteiger partial charge on any atom is 0.112 e. The number of aliphatic hydroxyl groups is 1. The first kappa shape index (κ1) is 15.8. The largest absolute Gasteiger partial charge is 0.396 e. The zero-order valence-corrected chi connectivity index (χ0v) is 13.9. The van der Waals surface area contributed by atoms with E-state index in [1.54, 1.807) is 0 Å². The molecule has 120 valence electrons. The standard InChI is InChI=1S/C20H24N2O/c1-3-15(2)17-10-8-16(9-11-17)14-22-19-7-5-4-6-18(19)21-20(22)12-13-23/h4-11,15,23H,3,12-14H2,1-2H3. The van der Waals surface area contributed by atoms with Crippen LogP contribution in [0, 0.1) is 0 Å². The Balaban J connectivity index is 1.92. The number of nitrogens with zero attached hydrogens (tertiary/aromatic N) is 2. The molecule has 1 aromatic heterocycles. The van der Waals surface area contributed by atoms with Crippen molar-refractivity contribution in [3.05, 3.63) is 65.5 Å². The lowest BCUT2D eigenvalue weighted by atomic mass is 9.98. The Hall–Kier alpha value is -2.13. The number of rotatable bonds is 6. The highest BCUT2D eigenvalue weighted by atomic mass is 16.3. The maximum atomic E-state index is 9.31. The predicted octanol–water partition coefficient (Wildman–Crippen LogP) is 4.13. The van der Waals surface area contributed by atoms with Gasteiger partial charge >= 0.3 is 0 Å². The minimum atomic E-state index is 0.121. The highest BCUT2D eigenvalue weighted by Gasteiger charge is 2.10. The van der Waals surface area contributed by atoms with Crippen molar-refractivity contribution in [1.29, 1.82) is 0 Å². The Kier molecular flexibility index (Phi) is 4.77. The molecule has 1 atom stereocenters. The summed E-state index contributed by atoms with van der Waals surface area (Å²) in [6, 6.07) is 17.0. The van der Waals surface area contributed by atoms with Crippen molar-refractivity contribution in [2.24, 2.45) is 0 Å². The first-order valence-corrected chi connectivity index (χ1v) is 8.36. The average Bonchev–Trinajstić information content (AvgIpc) is 2.93. The Bertz CT molecular complexity index is 774. The van der Waals surface area contributed by atoms with Crippen LogP contribution < -0.4 is 0 Å². The molecule has 0 radical (unpaired) electrons. The first-order valence-electron chi connectivity index (χ1n) is 8.36. The number of hydrogen-bond donors (Lipinski definition) is 1. The van der Waals surface area contributed by atoms with E-state index in [0.29, 0.717) is 12.3 Å². The summed E-state index contributed by atoms with van der Waals surface area (Å²) < 4.78 is 2.21. The number of hydrogen-bond acceptors (Lipinski definition) is 2. The molecule has 0 aliphatic heterocycles. The van der Waals surface area contributed by atoms with E-state index in [2.05, 4.69) is 53.7 Å². The second-order valence-electron chi connectivity index (χ2n) is 6.13. The van der Waals surface area contributed by atoms with Crippen molar-refractivity contribution in [2.45, 2.75) is 39.2 Å². The summed E-state index contributed by atoms with van der Waals surface area (Å²) >= 11 is 0. The van der Waals surface area contributed by atoms with Crippen LogP contribution in [0.2, 0.25) is 0 Å². The van der Waals surface area contributed by atoms with Gasteiger partial charge in [-0.05, 0) is 35.6 Å². The van der Waals surface area contributed by atoms with Gasteiger partial charge in [-0.15, -0.1) is 0 Å². The molecule has 3 aromatic rings. The number of aliphatic hydroxyl groups excluding tert-OH is 1. The van der Waals surface area contributed by atoms with Gasteiger partial charge in [0.25, 0.3) is 0 Å². The quantitative estimate of drug-likeness (QED) is 0.743. The molecular weight excluding hydrogens is 284 g/mol. The summed E-state index contributed by atoms with van der Waals surface area (Å²) in [7, 11) is 0. The average molecular weight is 308 g/mol. The first-order chi connectivity index (χ1) is 11.2. The fraction of sp³-hybridized carbons (Fsp3) is 0.350. The normalized spacial score (nSPS) is 12.7. The van der Waals surface area contributed by atoms with E-state index in [9.17, 15) is 5.11 Å². The Morgan fingerprint density at radius 2 is 1.83 bits per heavy atom. The predicted molar refractivity (Wildman–Crippen MR) is 94.8 cm³/mol. The third kappa shape index (κ3) is 3.30. The molecule has 1 N–H and O–H groups in total. The molecule has 0 amide bonds. The molecule has 0 aliphatic carbocycles. The van der Waals surface area contributed by atoms with E-state index in [0.717, 1.165) is 29.8 Å². The van der Waals surface area contributed by atoms with Gasteiger partial charge in [0.2, 0.25) is 0 Å². The van der Waals surface area contributed by atoms with E-state index < -0.39 is 0 Å². The fourth-order valence-electron chi connectivity index (χ4n) is 2.96. The summed E-state index contributed by atoms with van der Waals surface area (Å²) in [6.07, 6.45) is 1.74. The van der Waals surface area contributed by atoms with Gasteiger partial charge in [-0.25, -0.2) is 4.98 Å². The van der Waals surface area contributed by atoms with Crippen molar-refractivity contribution in [1.82, 2.24) is 9.55 Å². The topological polar surface area (TPSA) is 38.0 Å². The van der Waals surface area contributed by atoms with Gasteiger partial charge in [-0.1, -0.05) is 50.2 Å². The minimum Gasteiger partial charge on any atom is -0.396 e. The molecule has 0 saturated heterocycles. The van der Waals surface area contributed by atoms with E-state index >= 15 is 0 Å². The lowest BCUT2D eigenvalue weighted by molar-refractivity contribution is 0.295. The highest BCUT2D eigenvalue weighted by molar-refractivity contribution is 5.76. The number of imidazole rings is 1. The summed E-state index contributed by atoms with van der Waals surface area (Å²) in [6.45, 7) is 5.39. The summed E-state index contributed by atoms with van der Waals surface area (Å²) in [5.74, 6) is 1.54. The second-order valence-corrected chi connectivity index (χ2v) is 6.13. The number of aromatic nitrogens is 2. The monoisotopic (exact) mass is 308 g/mol. The molecule has 1 heterocycles. The van der Waals surface area contributed by atoms with Crippen LogP contribution in [0.15, 0.2) is 48.5 Å².